The number of ether oxygens (including phenoxy) is 1. The summed E-state index contributed by atoms with van der Waals surface area (Å²) in [5, 5.41) is 6.60. The van der Waals surface area contributed by atoms with Gasteiger partial charge in [0.2, 0.25) is 5.91 Å². The highest BCUT2D eigenvalue weighted by Gasteiger charge is 1.99. The van der Waals surface area contributed by atoms with E-state index in [9.17, 15) is 4.79 Å². The molecule has 2 N–H and O–H groups in total. The summed E-state index contributed by atoms with van der Waals surface area (Å²) in [7, 11) is 0. The summed E-state index contributed by atoms with van der Waals surface area (Å²) >= 11 is 6.04. The van der Waals surface area contributed by atoms with Crippen molar-refractivity contribution < 1.29 is 9.53 Å². The molecule has 0 atom stereocenters. The van der Waals surface area contributed by atoms with E-state index < -0.39 is 0 Å². The number of anilines is 2. The molecule has 2 rings (SSSR count). The lowest BCUT2D eigenvalue weighted by atomic mass is 10.3. The lowest BCUT2D eigenvalue weighted by Gasteiger charge is -2.10. The highest BCUT2D eigenvalue weighted by Crippen LogP contribution is 2.20. The number of carbonyl (C=O) groups is 1. The second kappa shape index (κ2) is 7.55. The van der Waals surface area contributed by atoms with Gasteiger partial charge in [-0.15, -0.1) is 0 Å². The van der Waals surface area contributed by atoms with Crippen LogP contribution >= 0.6 is 11.6 Å². The number of hydrogen-bond donors (Lipinski definition) is 2. The number of nitrogens with one attached hydrogen (secondary N) is 2. The normalized spacial score (nSPS) is 10.0. The Balaban J connectivity index is 1.76. The van der Waals surface area contributed by atoms with Crippen molar-refractivity contribution in [2.24, 2.45) is 0 Å². The summed E-state index contributed by atoms with van der Waals surface area (Å²) in [6.07, 6.45) is 0. The monoisotopic (exact) mass is 304 g/mol. The van der Waals surface area contributed by atoms with E-state index in [2.05, 4.69) is 10.6 Å². The molecule has 0 radical (unpaired) electrons. The number of halogens is 1. The van der Waals surface area contributed by atoms with E-state index in [1.165, 1.54) is 6.92 Å². The van der Waals surface area contributed by atoms with E-state index in [0.717, 1.165) is 17.1 Å². The SMILES string of the molecule is CC(=O)Nc1ccc(OCCNc2ccccc2Cl)cc1. The molecular weight excluding hydrogens is 288 g/mol. The summed E-state index contributed by atoms with van der Waals surface area (Å²) in [6.45, 7) is 2.65. The van der Waals surface area contributed by atoms with Crippen LogP contribution < -0.4 is 15.4 Å². The molecule has 0 spiro atoms. The molecule has 4 nitrogen and oxygen atoms in total. The first kappa shape index (κ1) is 15.2. The molecule has 2 aromatic carbocycles. The van der Waals surface area contributed by atoms with Crippen LogP contribution in [0.5, 0.6) is 5.75 Å². The molecule has 0 unspecified atom stereocenters. The number of benzene rings is 2. The highest BCUT2D eigenvalue weighted by molar-refractivity contribution is 6.33. The molecule has 5 heteroatoms. The molecule has 0 aliphatic rings. The van der Waals surface area contributed by atoms with Crippen LogP contribution in [0.15, 0.2) is 48.5 Å². The average molecular weight is 305 g/mol. The van der Waals surface area contributed by atoms with Crippen molar-refractivity contribution in [1.82, 2.24) is 0 Å². The average Bonchev–Trinajstić information content (AvgIpc) is 2.46. The second-order valence-corrected chi connectivity index (χ2v) is 4.87. The quantitative estimate of drug-likeness (QED) is 0.798. The highest BCUT2D eigenvalue weighted by atomic mass is 35.5. The predicted molar refractivity (Wildman–Crippen MR) is 86.2 cm³/mol. The lowest BCUT2D eigenvalue weighted by molar-refractivity contribution is -0.114. The molecule has 0 fully saturated rings. The number of carbonyl (C=O) groups excluding carboxylic acids is 1. The smallest absolute Gasteiger partial charge is 0.221 e. The summed E-state index contributed by atoms with van der Waals surface area (Å²) in [5.41, 5.74) is 1.65. The van der Waals surface area contributed by atoms with Gasteiger partial charge in [-0.05, 0) is 36.4 Å². The maximum absolute atomic E-state index is 10.9. The third kappa shape index (κ3) is 5.00. The molecule has 0 bridgehead atoms. The summed E-state index contributed by atoms with van der Waals surface area (Å²) in [6, 6.07) is 14.8. The van der Waals surface area contributed by atoms with Gasteiger partial charge in [0.15, 0.2) is 0 Å². The van der Waals surface area contributed by atoms with Crippen molar-refractivity contribution in [3.63, 3.8) is 0 Å². The first-order valence-corrected chi connectivity index (χ1v) is 7.02. The van der Waals surface area contributed by atoms with E-state index >= 15 is 0 Å². The fourth-order valence-corrected chi connectivity index (χ4v) is 2.00. The van der Waals surface area contributed by atoms with Gasteiger partial charge in [-0.1, -0.05) is 23.7 Å². The first-order chi connectivity index (χ1) is 10.1. The molecule has 0 heterocycles. The number of para-hydroxylation sites is 1. The zero-order valence-electron chi connectivity index (χ0n) is 11.7. The summed E-state index contributed by atoms with van der Waals surface area (Å²) in [5.74, 6) is 0.665. The Morgan fingerprint density at radius 1 is 1.14 bits per heavy atom. The van der Waals surface area contributed by atoms with Crippen LogP contribution in [0.25, 0.3) is 0 Å². The Hall–Kier alpha value is -2.20. The Morgan fingerprint density at radius 2 is 1.86 bits per heavy atom. The van der Waals surface area contributed by atoms with Gasteiger partial charge in [-0.3, -0.25) is 4.79 Å². The van der Waals surface area contributed by atoms with Gasteiger partial charge < -0.3 is 15.4 Å². The maximum Gasteiger partial charge on any atom is 0.221 e. The number of rotatable bonds is 6. The topological polar surface area (TPSA) is 50.4 Å². The van der Waals surface area contributed by atoms with Crippen molar-refractivity contribution in [2.75, 3.05) is 23.8 Å². The van der Waals surface area contributed by atoms with Crippen LogP contribution in [0.4, 0.5) is 11.4 Å². The summed E-state index contributed by atoms with van der Waals surface area (Å²) < 4.78 is 5.61. The maximum atomic E-state index is 10.9. The van der Waals surface area contributed by atoms with Gasteiger partial charge in [-0.25, -0.2) is 0 Å². The number of hydrogen-bond acceptors (Lipinski definition) is 3. The molecule has 1 amide bonds. The minimum atomic E-state index is -0.0902. The van der Waals surface area contributed by atoms with Crippen molar-refractivity contribution in [2.45, 2.75) is 6.92 Å². The van der Waals surface area contributed by atoms with E-state index in [1.807, 2.05) is 36.4 Å². The standard InChI is InChI=1S/C16H17ClN2O2/c1-12(20)19-13-6-8-14(9-7-13)21-11-10-18-16-5-3-2-4-15(16)17/h2-9,18H,10-11H2,1H3,(H,19,20). The first-order valence-electron chi connectivity index (χ1n) is 6.64. The third-order valence-electron chi connectivity index (χ3n) is 2.73. The molecule has 21 heavy (non-hydrogen) atoms. The minimum Gasteiger partial charge on any atom is -0.492 e. The van der Waals surface area contributed by atoms with Crippen molar-refractivity contribution in [1.29, 1.82) is 0 Å². The van der Waals surface area contributed by atoms with Crippen LogP contribution in [-0.2, 0) is 4.79 Å². The van der Waals surface area contributed by atoms with Crippen molar-refractivity contribution in [3.8, 4) is 5.75 Å². The Kier molecular flexibility index (Phi) is 5.46. The molecule has 2 aromatic rings. The predicted octanol–water partition coefficient (Wildman–Crippen LogP) is 3.79. The Labute approximate surface area is 129 Å². The number of amides is 1. The van der Waals surface area contributed by atoms with Crippen molar-refractivity contribution >= 4 is 28.9 Å². The van der Waals surface area contributed by atoms with E-state index in [1.54, 1.807) is 12.1 Å². The third-order valence-corrected chi connectivity index (χ3v) is 3.06. The van der Waals surface area contributed by atoms with Crippen LogP contribution in [-0.4, -0.2) is 19.1 Å². The zero-order valence-corrected chi connectivity index (χ0v) is 12.5. The van der Waals surface area contributed by atoms with E-state index in [0.29, 0.717) is 18.2 Å². The zero-order chi connectivity index (χ0) is 15.1. The molecule has 0 aromatic heterocycles. The molecule has 0 aliphatic carbocycles. The minimum absolute atomic E-state index is 0.0902. The van der Waals surface area contributed by atoms with Crippen LogP contribution in [0, 0.1) is 0 Å². The fraction of sp³-hybridized carbons (Fsp3) is 0.188. The lowest BCUT2D eigenvalue weighted by Crippen LogP contribution is -2.11. The van der Waals surface area contributed by atoms with E-state index in [4.69, 9.17) is 16.3 Å². The Morgan fingerprint density at radius 3 is 2.52 bits per heavy atom. The van der Waals surface area contributed by atoms with Gasteiger partial charge in [0.25, 0.3) is 0 Å². The van der Waals surface area contributed by atoms with Gasteiger partial charge in [-0.2, -0.15) is 0 Å². The van der Waals surface area contributed by atoms with Crippen molar-refractivity contribution in [3.05, 3.63) is 53.6 Å². The fourth-order valence-electron chi connectivity index (χ4n) is 1.80. The van der Waals surface area contributed by atoms with E-state index in [-0.39, 0.29) is 5.91 Å². The summed E-state index contributed by atoms with van der Waals surface area (Å²) in [4.78, 5) is 10.9. The molecule has 0 saturated carbocycles. The van der Waals surface area contributed by atoms with Crippen LogP contribution in [0.2, 0.25) is 5.02 Å². The molecule has 0 saturated heterocycles. The molecule has 110 valence electrons. The van der Waals surface area contributed by atoms with Gasteiger partial charge >= 0.3 is 0 Å². The Bertz CT molecular complexity index is 599. The van der Waals surface area contributed by atoms with Gasteiger partial charge in [0, 0.05) is 19.2 Å². The van der Waals surface area contributed by atoms with Gasteiger partial charge in [0.05, 0.1) is 10.7 Å². The molecule has 0 aliphatic heterocycles. The largest absolute Gasteiger partial charge is 0.492 e. The van der Waals surface area contributed by atoms with Gasteiger partial charge in [0.1, 0.15) is 12.4 Å². The second-order valence-electron chi connectivity index (χ2n) is 4.46. The molecular formula is C16H17ClN2O2. The van der Waals surface area contributed by atoms with Crippen LogP contribution in [0.1, 0.15) is 6.92 Å². The van der Waals surface area contributed by atoms with Crippen LogP contribution in [0.3, 0.4) is 0 Å².